The van der Waals surface area contributed by atoms with E-state index in [0.717, 1.165) is 115 Å². The highest BCUT2D eigenvalue weighted by molar-refractivity contribution is 6.36. The van der Waals surface area contributed by atoms with Crippen LogP contribution >= 0.6 is 0 Å². The summed E-state index contributed by atoms with van der Waals surface area (Å²) in [6.45, 7) is 9.15. The summed E-state index contributed by atoms with van der Waals surface area (Å²) in [5.41, 5.74) is 10.3. The predicted octanol–water partition coefficient (Wildman–Crippen LogP) is 13.9. The average Bonchev–Trinajstić information content (AvgIpc) is 3.84. The van der Waals surface area contributed by atoms with Gasteiger partial charge in [-0.25, -0.2) is 4.85 Å². The molecule has 4 heterocycles. The molecule has 0 unspecified atom stereocenters. The van der Waals surface area contributed by atoms with Crippen molar-refractivity contribution in [1.29, 1.82) is 5.26 Å². The molecule has 60 heavy (non-hydrogen) atoms. The third-order valence-electron chi connectivity index (χ3n) is 12.6. The Labute approximate surface area is 342 Å². The van der Waals surface area contributed by atoms with Gasteiger partial charge < -0.3 is 9.13 Å². The van der Waals surface area contributed by atoms with Crippen LogP contribution in [0, 0.1) is 17.9 Å². The second kappa shape index (κ2) is 12.0. The zero-order chi connectivity index (χ0) is 39.6. The first-order chi connectivity index (χ1) is 29.8. The molecule has 4 aromatic heterocycles. The van der Waals surface area contributed by atoms with Crippen molar-refractivity contribution in [2.24, 2.45) is 0 Å². The minimum Gasteiger partial charge on any atom is -0.318 e. The number of benzene rings is 9. The maximum atomic E-state index is 11.7. The summed E-state index contributed by atoms with van der Waals surface area (Å²) >= 11 is 0. The Morgan fingerprint density at radius 1 is 0.467 bits per heavy atom. The lowest BCUT2D eigenvalue weighted by molar-refractivity contribution is 1.13. The highest BCUT2D eigenvalue weighted by Gasteiger charge is 2.33. The zero-order valence-electron chi connectivity index (χ0n) is 31.8. The van der Waals surface area contributed by atoms with E-state index in [9.17, 15) is 5.26 Å². The van der Waals surface area contributed by atoms with Crippen LogP contribution < -0.4 is 0 Å². The molecule has 0 saturated heterocycles. The van der Waals surface area contributed by atoms with Crippen molar-refractivity contribution in [3.8, 4) is 39.7 Å². The molecule has 13 aromatic rings. The third kappa shape index (κ3) is 4.04. The Kier molecular flexibility index (Phi) is 6.48. The van der Waals surface area contributed by atoms with Gasteiger partial charge in [0.1, 0.15) is 6.07 Å². The number of aromatic nitrogens is 4. The summed E-state index contributed by atoms with van der Waals surface area (Å²) in [6, 6.07) is 55.0. The largest absolute Gasteiger partial charge is 0.318 e. The Bertz CT molecular complexity index is 3620. The third-order valence-corrected chi connectivity index (χ3v) is 12.6. The molecule has 0 fully saturated rings. The Hall–Kier alpha value is -8.58. The number of fused-ring (bicyclic) bond motifs is 6. The standard InChI is InChI=1S/C54H28N6/c1-56-52-45(31-13-4-2-5-14-31)39(29-55)53(59-41-22-9-18-35-37-21-12-27-58-51(37)38-20-11-25-44(59)50(38)48(35)41)46(32-15-6-3-7-16-32)54(52)60-42-23-8-17-34-33-26-28-57-30-40(33)36-19-10-24-43(60)49(36)47(34)42/h2-28,30H. The minimum absolute atomic E-state index is 0.413. The highest BCUT2D eigenvalue weighted by Crippen LogP contribution is 2.54. The Morgan fingerprint density at radius 3 is 1.58 bits per heavy atom. The summed E-state index contributed by atoms with van der Waals surface area (Å²) in [7, 11) is 0. The van der Waals surface area contributed by atoms with E-state index in [4.69, 9.17) is 11.6 Å². The van der Waals surface area contributed by atoms with E-state index in [2.05, 4.69) is 122 Å². The minimum atomic E-state index is 0.413. The van der Waals surface area contributed by atoms with Crippen LogP contribution in [0.2, 0.25) is 0 Å². The molecule has 274 valence electrons. The van der Waals surface area contributed by atoms with E-state index in [1.807, 2.05) is 73.2 Å². The molecule has 0 aliphatic carbocycles. The molecular weight excluding hydrogens is 733 g/mol. The number of hydrogen-bond donors (Lipinski definition) is 0. The number of nitrogens with zero attached hydrogens (tertiary/aromatic N) is 6. The van der Waals surface area contributed by atoms with Gasteiger partial charge in [-0.15, -0.1) is 0 Å². The second-order valence-electron chi connectivity index (χ2n) is 15.4. The van der Waals surface area contributed by atoms with Crippen molar-refractivity contribution in [3.63, 3.8) is 0 Å². The van der Waals surface area contributed by atoms with Crippen molar-refractivity contribution in [2.75, 3.05) is 0 Å². The monoisotopic (exact) mass is 760 g/mol. The van der Waals surface area contributed by atoms with E-state index in [1.54, 1.807) is 0 Å². The van der Waals surface area contributed by atoms with E-state index in [-0.39, 0.29) is 0 Å². The fourth-order valence-electron chi connectivity index (χ4n) is 10.4. The molecule has 0 amide bonds. The smallest absolute Gasteiger partial charge is 0.220 e. The SMILES string of the molecule is [C-]#[N+]c1c(-c2ccccc2)c(C#N)c(-n2c3cccc4c5cccnc5c5cccc2c5c43)c(-c2ccccc2)c1-n1c2cccc3c4ccncc4c4cccc1c4c32. The van der Waals surface area contributed by atoms with Gasteiger partial charge in [0.25, 0.3) is 0 Å². The van der Waals surface area contributed by atoms with E-state index in [1.165, 1.54) is 0 Å². The fraction of sp³-hybridized carbons (Fsp3) is 0. The van der Waals surface area contributed by atoms with Crippen LogP contribution in [0.4, 0.5) is 5.69 Å². The van der Waals surface area contributed by atoms with Gasteiger partial charge in [-0.1, -0.05) is 115 Å². The molecule has 0 N–H and O–H groups in total. The number of nitriles is 1. The zero-order valence-corrected chi connectivity index (χ0v) is 31.8. The molecule has 0 spiro atoms. The first-order valence-electron chi connectivity index (χ1n) is 19.9. The summed E-state index contributed by atoms with van der Waals surface area (Å²) in [5, 5.41) is 23.9. The van der Waals surface area contributed by atoms with Crippen LogP contribution in [0.15, 0.2) is 170 Å². The average molecular weight is 761 g/mol. The molecule has 0 bridgehead atoms. The molecule has 13 rings (SSSR count). The molecule has 0 aliphatic rings. The van der Waals surface area contributed by atoms with Crippen LogP contribution in [0.1, 0.15) is 5.56 Å². The van der Waals surface area contributed by atoms with E-state index < -0.39 is 0 Å². The van der Waals surface area contributed by atoms with Crippen LogP contribution in [0.5, 0.6) is 0 Å². The van der Waals surface area contributed by atoms with Crippen molar-refractivity contribution < 1.29 is 0 Å². The molecular formula is C54H28N6. The van der Waals surface area contributed by atoms with Gasteiger partial charge in [0.15, 0.2) is 0 Å². The van der Waals surface area contributed by atoms with Gasteiger partial charge in [-0.3, -0.25) is 9.97 Å². The molecule has 6 heteroatoms. The lowest BCUT2D eigenvalue weighted by Gasteiger charge is -2.25. The van der Waals surface area contributed by atoms with Gasteiger partial charge in [0.05, 0.1) is 51.1 Å². The lowest BCUT2D eigenvalue weighted by Crippen LogP contribution is -2.08. The van der Waals surface area contributed by atoms with Crippen LogP contribution in [0.25, 0.3) is 125 Å². The molecule has 0 saturated carbocycles. The first kappa shape index (κ1) is 32.5. The summed E-state index contributed by atoms with van der Waals surface area (Å²) in [4.78, 5) is 14.0. The fourth-order valence-corrected chi connectivity index (χ4v) is 10.4. The lowest BCUT2D eigenvalue weighted by atomic mass is 9.88. The second-order valence-corrected chi connectivity index (χ2v) is 15.4. The summed E-state index contributed by atoms with van der Waals surface area (Å²) < 4.78 is 4.59. The first-order valence-corrected chi connectivity index (χ1v) is 19.9. The molecule has 0 aliphatic heterocycles. The van der Waals surface area contributed by atoms with Crippen molar-refractivity contribution in [1.82, 2.24) is 19.1 Å². The summed E-state index contributed by atoms with van der Waals surface area (Å²) in [6.07, 6.45) is 5.68. The quantitative estimate of drug-likeness (QED) is 0.133. The number of pyridine rings is 2. The van der Waals surface area contributed by atoms with Gasteiger partial charge >= 0.3 is 0 Å². The van der Waals surface area contributed by atoms with Crippen LogP contribution in [-0.2, 0) is 0 Å². The Morgan fingerprint density at radius 2 is 0.983 bits per heavy atom. The number of rotatable bonds is 4. The van der Waals surface area contributed by atoms with Gasteiger partial charge in [0.2, 0.25) is 5.69 Å². The molecule has 0 radical (unpaired) electrons. The van der Waals surface area contributed by atoms with Gasteiger partial charge in [-0.05, 0) is 69.1 Å². The van der Waals surface area contributed by atoms with Crippen molar-refractivity contribution in [3.05, 3.63) is 187 Å². The maximum Gasteiger partial charge on any atom is 0.220 e. The molecule has 9 aromatic carbocycles. The van der Waals surface area contributed by atoms with Crippen LogP contribution in [0.3, 0.4) is 0 Å². The predicted molar refractivity (Wildman–Crippen MR) is 245 cm³/mol. The van der Waals surface area contributed by atoms with Crippen molar-refractivity contribution in [2.45, 2.75) is 0 Å². The normalized spacial score (nSPS) is 12.0. The number of hydrogen-bond acceptors (Lipinski definition) is 3. The van der Waals surface area contributed by atoms with Gasteiger partial charge in [0, 0.05) is 67.4 Å². The van der Waals surface area contributed by atoms with E-state index >= 15 is 0 Å². The van der Waals surface area contributed by atoms with Gasteiger partial charge in [-0.2, -0.15) is 5.26 Å². The molecule has 0 atom stereocenters. The Balaban J connectivity index is 1.33. The molecule has 6 nitrogen and oxygen atoms in total. The van der Waals surface area contributed by atoms with E-state index in [0.29, 0.717) is 16.8 Å². The maximum absolute atomic E-state index is 11.7. The highest BCUT2D eigenvalue weighted by atomic mass is 15.0. The summed E-state index contributed by atoms with van der Waals surface area (Å²) in [5.74, 6) is 0. The topological polar surface area (TPSA) is 63.8 Å². The van der Waals surface area contributed by atoms with Crippen molar-refractivity contribution >= 4 is 92.5 Å². The van der Waals surface area contributed by atoms with Crippen LogP contribution in [-0.4, -0.2) is 19.1 Å².